The molecule has 3 heterocycles. The van der Waals surface area contributed by atoms with Crippen molar-refractivity contribution >= 4 is 31.5 Å². The second-order valence-corrected chi connectivity index (χ2v) is 17.6. The zero-order valence-electron chi connectivity index (χ0n) is 36.3. The summed E-state index contributed by atoms with van der Waals surface area (Å²) >= 11 is 1.85. The second-order valence-electron chi connectivity index (χ2n) is 16.6. The van der Waals surface area contributed by atoms with Gasteiger partial charge in [-0.1, -0.05) is 218 Å². The fourth-order valence-corrected chi connectivity index (χ4v) is 10.2. The first-order valence-corrected chi connectivity index (χ1v) is 23.3. The highest BCUT2D eigenvalue weighted by molar-refractivity contribution is 7.26. The maximum Gasteiger partial charge on any atom is 0.160 e. The topological polar surface area (TPSA) is 51.6 Å². The fraction of sp³-hybridized carbons (Fsp3) is 0. The zero-order valence-corrected chi connectivity index (χ0v) is 37.1. The van der Waals surface area contributed by atoms with E-state index in [9.17, 15) is 0 Å². The molecule has 314 valence electrons. The summed E-state index contributed by atoms with van der Waals surface area (Å²) in [5.41, 5.74) is 16.6. The standard InChI is InChI=1S/C62H40N4S/c1-5-16-41(17-6-1)49-24-15-25-50(38-49)62-65-55(44-20-9-3-10-21-44)40-57(66-62)45-30-28-42(29-31-45)51-36-37-53-52-26-13-14-27-58(52)67-60(53)59(51)47-34-32-46(33-35-47)56-39-54(43-18-7-2-8-19-43)63-61(64-56)48-22-11-4-12-23-48/h1-40H. The van der Waals surface area contributed by atoms with Crippen LogP contribution in [0.3, 0.4) is 0 Å². The third kappa shape index (κ3) is 7.88. The van der Waals surface area contributed by atoms with Gasteiger partial charge < -0.3 is 0 Å². The van der Waals surface area contributed by atoms with E-state index in [1.54, 1.807) is 0 Å². The molecule has 67 heavy (non-hydrogen) atoms. The Hall–Kier alpha value is -8.64. The van der Waals surface area contributed by atoms with E-state index >= 15 is 0 Å². The van der Waals surface area contributed by atoms with Crippen LogP contribution in [0.2, 0.25) is 0 Å². The molecule has 0 radical (unpaired) electrons. The summed E-state index contributed by atoms with van der Waals surface area (Å²) in [4.78, 5) is 20.5. The zero-order chi connectivity index (χ0) is 44.5. The van der Waals surface area contributed by atoms with Crippen LogP contribution in [0.15, 0.2) is 243 Å². The van der Waals surface area contributed by atoms with E-state index < -0.39 is 0 Å². The highest BCUT2D eigenvalue weighted by Gasteiger charge is 2.18. The Kier molecular flexibility index (Phi) is 10.4. The van der Waals surface area contributed by atoms with Crippen LogP contribution in [-0.2, 0) is 0 Å². The summed E-state index contributed by atoms with van der Waals surface area (Å²) in [5.74, 6) is 1.39. The maximum atomic E-state index is 5.23. The van der Waals surface area contributed by atoms with Gasteiger partial charge in [-0.05, 0) is 52.1 Å². The first-order chi connectivity index (χ1) is 33.2. The predicted molar refractivity (Wildman–Crippen MR) is 279 cm³/mol. The minimum absolute atomic E-state index is 0.689. The number of aromatic nitrogens is 4. The number of rotatable bonds is 9. The summed E-state index contributed by atoms with van der Waals surface area (Å²) in [5, 5.41) is 2.53. The van der Waals surface area contributed by atoms with Gasteiger partial charge in [-0.3, -0.25) is 0 Å². The molecule has 4 nitrogen and oxygen atoms in total. The van der Waals surface area contributed by atoms with Crippen LogP contribution in [0.4, 0.5) is 0 Å². The average molecular weight is 873 g/mol. The molecule has 12 aromatic rings. The maximum absolute atomic E-state index is 5.23. The molecule has 0 aliphatic carbocycles. The molecule has 0 aliphatic heterocycles. The van der Waals surface area contributed by atoms with Crippen molar-refractivity contribution in [3.05, 3.63) is 243 Å². The molecule has 3 aromatic heterocycles. The minimum Gasteiger partial charge on any atom is -0.228 e. The van der Waals surface area contributed by atoms with Gasteiger partial charge in [0.15, 0.2) is 11.6 Å². The van der Waals surface area contributed by atoms with E-state index in [0.29, 0.717) is 11.6 Å². The fourth-order valence-electron chi connectivity index (χ4n) is 8.96. The van der Waals surface area contributed by atoms with E-state index in [4.69, 9.17) is 19.9 Å². The smallest absolute Gasteiger partial charge is 0.160 e. The third-order valence-electron chi connectivity index (χ3n) is 12.4. The van der Waals surface area contributed by atoms with Gasteiger partial charge >= 0.3 is 0 Å². The van der Waals surface area contributed by atoms with Gasteiger partial charge in [0.05, 0.1) is 22.8 Å². The number of benzene rings is 9. The molecule has 0 spiro atoms. The quantitative estimate of drug-likeness (QED) is 0.145. The van der Waals surface area contributed by atoms with E-state index in [2.05, 4.69) is 206 Å². The molecule has 0 bridgehead atoms. The van der Waals surface area contributed by atoms with Crippen molar-refractivity contribution in [1.82, 2.24) is 19.9 Å². The van der Waals surface area contributed by atoms with Crippen LogP contribution in [0.1, 0.15) is 0 Å². The molecule has 0 amide bonds. The molecule has 0 aliphatic rings. The number of hydrogen-bond donors (Lipinski definition) is 0. The van der Waals surface area contributed by atoms with Crippen molar-refractivity contribution < 1.29 is 0 Å². The van der Waals surface area contributed by atoms with Crippen LogP contribution >= 0.6 is 11.3 Å². The Morgan fingerprint density at radius 2 is 0.672 bits per heavy atom. The monoisotopic (exact) mass is 872 g/mol. The first kappa shape index (κ1) is 39.9. The molecule has 0 atom stereocenters. The minimum atomic E-state index is 0.689. The van der Waals surface area contributed by atoms with Crippen LogP contribution < -0.4 is 0 Å². The van der Waals surface area contributed by atoms with Crippen molar-refractivity contribution in [1.29, 1.82) is 0 Å². The summed E-state index contributed by atoms with van der Waals surface area (Å²) in [7, 11) is 0. The molecule has 0 fully saturated rings. The van der Waals surface area contributed by atoms with Crippen molar-refractivity contribution in [2.75, 3.05) is 0 Å². The number of nitrogens with zero attached hydrogens (tertiary/aromatic N) is 4. The van der Waals surface area contributed by atoms with Crippen LogP contribution in [0, 0.1) is 0 Å². The summed E-state index contributed by atoms with van der Waals surface area (Å²) < 4.78 is 2.54. The van der Waals surface area contributed by atoms with E-state index in [1.807, 2.05) is 47.7 Å². The van der Waals surface area contributed by atoms with Gasteiger partial charge in [-0.25, -0.2) is 19.9 Å². The van der Waals surface area contributed by atoms with Crippen LogP contribution in [0.5, 0.6) is 0 Å². The van der Waals surface area contributed by atoms with Gasteiger partial charge in [0.1, 0.15) is 0 Å². The Morgan fingerprint density at radius 1 is 0.254 bits per heavy atom. The van der Waals surface area contributed by atoms with E-state index in [-0.39, 0.29) is 0 Å². The third-order valence-corrected chi connectivity index (χ3v) is 13.6. The predicted octanol–water partition coefficient (Wildman–Crippen LogP) is 16.6. The van der Waals surface area contributed by atoms with Crippen molar-refractivity contribution in [3.63, 3.8) is 0 Å². The first-order valence-electron chi connectivity index (χ1n) is 22.4. The normalized spacial score (nSPS) is 11.3. The summed E-state index contributed by atoms with van der Waals surface area (Å²) in [6.07, 6.45) is 0. The van der Waals surface area contributed by atoms with Gasteiger partial charge in [0, 0.05) is 59.1 Å². The largest absolute Gasteiger partial charge is 0.228 e. The Labute approximate surface area is 393 Å². The van der Waals surface area contributed by atoms with Crippen LogP contribution in [0.25, 0.3) is 121 Å². The molecule has 0 saturated carbocycles. The molecule has 5 heteroatoms. The average Bonchev–Trinajstić information content (AvgIpc) is 3.80. The molecular weight excluding hydrogens is 833 g/mol. The summed E-state index contributed by atoms with van der Waals surface area (Å²) in [6, 6.07) is 85.1. The molecule has 9 aromatic carbocycles. The number of thiophene rings is 1. The lowest BCUT2D eigenvalue weighted by Crippen LogP contribution is -1.96. The van der Waals surface area contributed by atoms with Crippen molar-refractivity contribution in [2.24, 2.45) is 0 Å². The van der Waals surface area contributed by atoms with Gasteiger partial charge in [0.25, 0.3) is 0 Å². The Morgan fingerprint density at radius 3 is 1.24 bits per heavy atom. The SMILES string of the molecule is c1ccc(-c2cccc(-c3nc(-c4ccccc4)cc(-c4ccc(-c5ccc6c(sc7ccccc76)c5-c5ccc(-c6cc(-c7ccccc7)nc(-c7ccccc7)n6)cc5)cc4)n3)c2)cc1. The Balaban J connectivity index is 0.952. The lowest BCUT2D eigenvalue weighted by Gasteiger charge is -2.14. The Bertz CT molecular complexity index is 3640. The summed E-state index contributed by atoms with van der Waals surface area (Å²) in [6.45, 7) is 0. The van der Waals surface area contributed by atoms with Crippen LogP contribution in [-0.4, -0.2) is 19.9 Å². The van der Waals surface area contributed by atoms with E-state index in [0.717, 1.165) is 78.4 Å². The highest BCUT2D eigenvalue weighted by Crippen LogP contribution is 2.45. The van der Waals surface area contributed by atoms with Gasteiger partial charge in [-0.15, -0.1) is 11.3 Å². The molecule has 0 N–H and O–H groups in total. The second kappa shape index (κ2) is 17.4. The molecule has 12 rings (SSSR count). The van der Waals surface area contributed by atoms with Crippen molar-refractivity contribution in [2.45, 2.75) is 0 Å². The van der Waals surface area contributed by atoms with Gasteiger partial charge in [-0.2, -0.15) is 0 Å². The lowest BCUT2D eigenvalue weighted by molar-refractivity contribution is 1.18. The molecule has 0 unspecified atom stereocenters. The lowest BCUT2D eigenvalue weighted by atomic mass is 9.91. The number of hydrogen-bond acceptors (Lipinski definition) is 5. The van der Waals surface area contributed by atoms with Gasteiger partial charge in [0.2, 0.25) is 0 Å². The highest BCUT2D eigenvalue weighted by atomic mass is 32.1. The van der Waals surface area contributed by atoms with E-state index in [1.165, 1.54) is 31.3 Å². The number of fused-ring (bicyclic) bond motifs is 3. The molecule has 0 saturated heterocycles. The molecular formula is C62H40N4S. The van der Waals surface area contributed by atoms with Crippen molar-refractivity contribution in [3.8, 4) is 101 Å².